The van der Waals surface area contributed by atoms with Crippen LogP contribution in [0.3, 0.4) is 0 Å². The number of nitrogens with zero attached hydrogens (tertiary/aromatic N) is 1. The van der Waals surface area contributed by atoms with Crippen molar-refractivity contribution in [1.82, 2.24) is 0 Å². The van der Waals surface area contributed by atoms with Crippen LogP contribution in [0.4, 0.5) is 0 Å². The number of phenols is 1. The molecule has 2 aromatic carbocycles. The third kappa shape index (κ3) is 2.35. The third-order valence-corrected chi connectivity index (χ3v) is 4.67. The molecule has 0 aromatic heterocycles. The van der Waals surface area contributed by atoms with Crippen molar-refractivity contribution in [3.63, 3.8) is 0 Å². The van der Waals surface area contributed by atoms with E-state index < -0.39 is 0 Å². The molecule has 2 aromatic rings. The largest absolute Gasteiger partial charge is 0.507 e. The topological polar surface area (TPSA) is 32.6 Å². The maximum absolute atomic E-state index is 10.2. The van der Waals surface area contributed by atoms with E-state index in [0.29, 0.717) is 17.7 Å². The molecule has 2 atom stereocenters. The van der Waals surface area contributed by atoms with Crippen molar-refractivity contribution < 1.29 is 5.11 Å². The normalized spacial score (nSPS) is 23.9. The molecule has 4 rings (SSSR count). The number of benzene rings is 2. The molecule has 0 spiro atoms. The summed E-state index contributed by atoms with van der Waals surface area (Å²) >= 11 is 0. The lowest BCUT2D eigenvalue weighted by Gasteiger charge is -2.16. The Morgan fingerprint density at radius 2 is 2.00 bits per heavy atom. The van der Waals surface area contributed by atoms with E-state index in [9.17, 15) is 5.11 Å². The Balaban J connectivity index is 1.67. The minimum absolute atomic E-state index is 0.325. The van der Waals surface area contributed by atoms with Gasteiger partial charge in [-0.05, 0) is 48.3 Å². The monoisotopic (exact) mass is 289 g/mol. The Labute approximate surface area is 130 Å². The van der Waals surface area contributed by atoms with Crippen molar-refractivity contribution in [2.45, 2.75) is 25.3 Å². The molecule has 110 valence electrons. The van der Waals surface area contributed by atoms with Crippen LogP contribution in [0, 0.1) is 5.92 Å². The smallest absolute Gasteiger partial charge is 0.123 e. The lowest BCUT2D eigenvalue weighted by atomic mass is 9.90. The minimum atomic E-state index is 0.325. The van der Waals surface area contributed by atoms with Crippen LogP contribution >= 0.6 is 0 Å². The van der Waals surface area contributed by atoms with E-state index in [-0.39, 0.29) is 0 Å². The first kappa shape index (κ1) is 13.3. The third-order valence-electron chi connectivity index (χ3n) is 4.67. The van der Waals surface area contributed by atoms with Gasteiger partial charge in [-0.25, -0.2) is 0 Å². The fraction of sp³-hybridized carbons (Fsp3) is 0.250. The first-order valence-electron chi connectivity index (χ1n) is 7.93. The summed E-state index contributed by atoms with van der Waals surface area (Å²) in [6.45, 7) is 0. The number of hydrogen-bond donors (Lipinski definition) is 1. The molecule has 2 aliphatic rings. The zero-order valence-electron chi connectivity index (χ0n) is 12.4. The molecule has 0 amide bonds. The lowest BCUT2D eigenvalue weighted by Crippen LogP contribution is -2.14. The number of aliphatic imine (C=N–C) groups is 1. The Hall–Kier alpha value is -2.35. The number of rotatable bonds is 2. The number of hydrogen-bond acceptors (Lipinski definition) is 2. The van der Waals surface area contributed by atoms with Crippen LogP contribution in [-0.2, 0) is 0 Å². The van der Waals surface area contributed by atoms with Crippen LogP contribution in [0.5, 0.6) is 5.75 Å². The first-order valence-corrected chi connectivity index (χ1v) is 7.93. The van der Waals surface area contributed by atoms with Crippen molar-refractivity contribution in [1.29, 1.82) is 0 Å². The van der Waals surface area contributed by atoms with E-state index in [2.05, 4.69) is 24.3 Å². The molecule has 0 saturated carbocycles. The molecule has 1 heterocycles. The van der Waals surface area contributed by atoms with E-state index in [0.717, 1.165) is 41.3 Å². The molecule has 0 radical (unpaired) electrons. The van der Waals surface area contributed by atoms with Crippen molar-refractivity contribution in [3.8, 4) is 5.75 Å². The number of phenolic OH excluding ortho intramolecular Hbond substituents is 1. The summed E-state index contributed by atoms with van der Waals surface area (Å²) in [5.74, 6) is 0.903. The molecular formula is C20H19NO. The van der Waals surface area contributed by atoms with Crippen LogP contribution in [0.25, 0.3) is 16.8 Å². The van der Waals surface area contributed by atoms with Crippen molar-refractivity contribution >= 4 is 22.6 Å². The summed E-state index contributed by atoms with van der Waals surface area (Å²) in [5.41, 5.74) is 2.03. The summed E-state index contributed by atoms with van der Waals surface area (Å²) in [4.78, 5) is 4.83. The minimum Gasteiger partial charge on any atom is -0.507 e. The fourth-order valence-corrected chi connectivity index (χ4v) is 3.50. The molecule has 22 heavy (non-hydrogen) atoms. The highest BCUT2D eigenvalue weighted by Gasteiger charge is 2.27. The van der Waals surface area contributed by atoms with Gasteiger partial charge < -0.3 is 5.11 Å². The zero-order valence-corrected chi connectivity index (χ0v) is 12.4. The van der Waals surface area contributed by atoms with Gasteiger partial charge >= 0.3 is 0 Å². The lowest BCUT2D eigenvalue weighted by molar-refractivity contribution is 0.475. The van der Waals surface area contributed by atoms with Gasteiger partial charge in [-0.15, -0.1) is 0 Å². The van der Waals surface area contributed by atoms with Gasteiger partial charge in [-0.2, -0.15) is 0 Å². The molecule has 0 saturated heterocycles. The molecule has 0 fully saturated rings. The van der Waals surface area contributed by atoms with Crippen LogP contribution < -0.4 is 0 Å². The molecule has 1 N–H and O–H groups in total. The second-order valence-electron chi connectivity index (χ2n) is 6.11. The van der Waals surface area contributed by atoms with Gasteiger partial charge in [0.25, 0.3) is 0 Å². The van der Waals surface area contributed by atoms with E-state index in [1.807, 2.05) is 30.3 Å². The SMILES string of the molecule is Oc1ccc2ccccc2c1/C=C\C1=NC2CCC=CC2C1. The number of fused-ring (bicyclic) bond motifs is 2. The second-order valence-corrected chi connectivity index (χ2v) is 6.11. The van der Waals surface area contributed by atoms with Gasteiger partial charge in [-0.1, -0.05) is 42.5 Å². The molecule has 2 nitrogen and oxygen atoms in total. The maximum Gasteiger partial charge on any atom is 0.123 e. The Morgan fingerprint density at radius 3 is 2.91 bits per heavy atom. The summed E-state index contributed by atoms with van der Waals surface area (Å²) in [6, 6.07) is 12.3. The molecular weight excluding hydrogens is 270 g/mol. The standard InChI is InChI=1S/C20H19NO/c22-20-12-9-14-5-1-3-7-17(14)18(20)11-10-16-13-15-6-2-4-8-19(15)21-16/h1-3,5-7,9-12,15,19,22H,4,8,13H2/b11-10-. The molecule has 0 bridgehead atoms. The van der Waals surface area contributed by atoms with Gasteiger partial charge in [0, 0.05) is 17.2 Å². The van der Waals surface area contributed by atoms with Crippen LogP contribution in [0.15, 0.2) is 59.6 Å². The average molecular weight is 289 g/mol. The Bertz CT molecular complexity index is 800. The fourth-order valence-electron chi connectivity index (χ4n) is 3.50. The van der Waals surface area contributed by atoms with Crippen molar-refractivity contribution in [3.05, 3.63) is 60.2 Å². The Morgan fingerprint density at radius 1 is 1.09 bits per heavy atom. The summed E-state index contributed by atoms with van der Waals surface area (Å²) in [6.07, 6.45) is 12.0. The molecule has 2 heteroatoms. The van der Waals surface area contributed by atoms with Crippen molar-refractivity contribution in [2.75, 3.05) is 0 Å². The van der Waals surface area contributed by atoms with Gasteiger partial charge in [-0.3, -0.25) is 4.99 Å². The zero-order chi connectivity index (χ0) is 14.9. The van der Waals surface area contributed by atoms with E-state index in [1.165, 1.54) is 0 Å². The first-order chi connectivity index (χ1) is 10.8. The average Bonchev–Trinajstić information content (AvgIpc) is 2.97. The maximum atomic E-state index is 10.2. The predicted molar refractivity (Wildman–Crippen MR) is 92.4 cm³/mol. The van der Waals surface area contributed by atoms with E-state index in [1.54, 1.807) is 6.07 Å². The number of aromatic hydroxyl groups is 1. The van der Waals surface area contributed by atoms with Crippen LogP contribution in [0.1, 0.15) is 24.8 Å². The van der Waals surface area contributed by atoms with Crippen molar-refractivity contribution in [2.24, 2.45) is 10.9 Å². The molecule has 2 unspecified atom stereocenters. The summed E-state index contributed by atoms with van der Waals surface area (Å²) in [5, 5.41) is 12.4. The van der Waals surface area contributed by atoms with E-state index in [4.69, 9.17) is 4.99 Å². The highest BCUT2D eigenvalue weighted by molar-refractivity contribution is 6.02. The van der Waals surface area contributed by atoms with Crippen LogP contribution in [-0.4, -0.2) is 16.9 Å². The predicted octanol–water partition coefficient (Wildman–Crippen LogP) is 4.74. The van der Waals surface area contributed by atoms with Crippen LogP contribution in [0.2, 0.25) is 0 Å². The second kappa shape index (κ2) is 5.45. The Kier molecular flexibility index (Phi) is 3.30. The highest BCUT2D eigenvalue weighted by atomic mass is 16.3. The van der Waals surface area contributed by atoms with Gasteiger partial charge in [0.1, 0.15) is 5.75 Å². The summed E-state index contributed by atoms with van der Waals surface area (Å²) in [7, 11) is 0. The molecule has 1 aliphatic carbocycles. The quantitative estimate of drug-likeness (QED) is 0.796. The van der Waals surface area contributed by atoms with Gasteiger partial charge in [0.2, 0.25) is 0 Å². The summed E-state index contributed by atoms with van der Waals surface area (Å²) < 4.78 is 0. The van der Waals surface area contributed by atoms with E-state index >= 15 is 0 Å². The highest BCUT2D eigenvalue weighted by Crippen LogP contribution is 2.32. The van der Waals surface area contributed by atoms with Gasteiger partial charge in [0.15, 0.2) is 0 Å². The number of allylic oxidation sites excluding steroid dienone is 2. The van der Waals surface area contributed by atoms with Gasteiger partial charge in [0.05, 0.1) is 6.04 Å². The molecule has 1 aliphatic heterocycles.